The van der Waals surface area contributed by atoms with Gasteiger partial charge in [-0.05, 0) is 49.1 Å². The van der Waals surface area contributed by atoms with Gasteiger partial charge in [0.25, 0.3) is 0 Å². The lowest BCUT2D eigenvalue weighted by molar-refractivity contribution is -0.130. The van der Waals surface area contributed by atoms with Gasteiger partial charge in [-0.1, -0.05) is 12.1 Å². The number of carbonyl (C=O) groups is 1. The lowest BCUT2D eigenvalue weighted by Crippen LogP contribution is -2.33. The maximum atomic E-state index is 13.0. The second-order valence-electron chi connectivity index (χ2n) is 6.43. The summed E-state index contributed by atoms with van der Waals surface area (Å²) in [5.74, 6) is 0.322. The molecule has 2 aromatic rings. The summed E-state index contributed by atoms with van der Waals surface area (Å²) in [6.07, 6.45) is 4.90. The van der Waals surface area contributed by atoms with Gasteiger partial charge in [-0.2, -0.15) is 0 Å². The van der Waals surface area contributed by atoms with Crippen LogP contribution in [0.25, 0.3) is 0 Å². The molecule has 1 saturated heterocycles. The number of amides is 1. The Labute approximate surface area is 147 Å². The zero-order valence-corrected chi connectivity index (χ0v) is 14.1. The van der Waals surface area contributed by atoms with Crippen LogP contribution in [0.3, 0.4) is 0 Å². The number of aromatic nitrogens is 1. The lowest BCUT2D eigenvalue weighted by Gasteiger charge is -2.21. The molecule has 1 fully saturated rings. The van der Waals surface area contributed by atoms with E-state index in [9.17, 15) is 9.18 Å². The largest absolute Gasteiger partial charge is 0.384 e. The van der Waals surface area contributed by atoms with Gasteiger partial charge in [0.15, 0.2) is 0 Å². The fourth-order valence-electron chi connectivity index (χ4n) is 3.11. The van der Waals surface area contributed by atoms with Gasteiger partial charge in [-0.25, -0.2) is 9.37 Å². The molecule has 0 bridgehead atoms. The molecule has 1 aromatic carbocycles. The molecule has 0 aliphatic carbocycles. The van der Waals surface area contributed by atoms with E-state index in [0.717, 1.165) is 43.6 Å². The van der Waals surface area contributed by atoms with Crippen LogP contribution >= 0.6 is 0 Å². The number of anilines is 2. The minimum absolute atomic E-state index is 0.0985. The Balaban J connectivity index is 1.52. The van der Waals surface area contributed by atoms with Crippen molar-refractivity contribution < 1.29 is 9.18 Å². The number of nitrogens with zero attached hydrogens (tertiary/aromatic N) is 2. The van der Waals surface area contributed by atoms with Crippen molar-refractivity contribution in [1.82, 2.24) is 9.88 Å². The van der Waals surface area contributed by atoms with Crippen LogP contribution in [0.4, 0.5) is 15.9 Å². The second-order valence-corrected chi connectivity index (χ2v) is 6.43. The molecular formula is C19H23FN4O. The summed E-state index contributed by atoms with van der Waals surface area (Å²) >= 11 is 0. The Morgan fingerprint density at radius 2 is 2.00 bits per heavy atom. The third-order valence-electron chi connectivity index (χ3n) is 4.51. The second kappa shape index (κ2) is 7.96. The minimum atomic E-state index is -0.281. The highest BCUT2D eigenvalue weighted by Crippen LogP contribution is 2.18. The van der Waals surface area contributed by atoms with Crippen LogP contribution in [0.5, 0.6) is 0 Å². The molecule has 132 valence electrons. The molecule has 1 atom stereocenters. The van der Waals surface area contributed by atoms with Crippen LogP contribution in [0, 0.1) is 5.82 Å². The molecule has 1 amide bonds. The average Bonchev–Trinajstić information content (AvgIpc) is 2.85. The molecule has 1 aliphatic rings. The molecule has 3 rings (SSSR count). The smallest absolute Gasteiger partial charge is 0.226 e. The standard InChI is InChI=1S/C19H23FN4O/c20-15-5-3-14(4-6-15)12-19(25)24-10-1-2-16(9-11-24)23-17-7-8-18(21)22-13-17/h3-8,13,16,23H,1-2,9-12H2,(H2,21,22)/t16-/m0/s1. The number of carbonyl (C=O) groups excluding carboxylic acids is 1. The van der Waals surface area contributed by atoms with E-state index in [1.165, 1.54) is 12.1 Å². The number of benzene rings is 1. The summed E-state index contributed by atoms with van der Waals surface area (Å²) in [5, 5.41) is 3.47. The molecule has 5 nitrogen and oxygen atoms in total. The fraction of sp³-hybridized carbons (Fsp3) is 0.368. The first-order valence-electron chi connectivity index (χ1n) is 8.60. The van der Waals surface area contributed by atoms with E-state index >= 15 is 0 Å². The molecule has 25 heavy (non-hydrogen) atoms. The van der Waals surface area contributed by atoms with Crippen LogP contribution in [-0.4, -0.2) is 34.9 Å². The Morgan fingerprint density at radius 3 is 2.72 bits per heavy atom. The van der Waals surface area contributed by atoms with Crippen LogP contribution in [0.1, 0.15) is 24.8 Å². The molecule has 0 saturated carbocycles. The first-order valence-corrected chi connectivity index (χ1v) is 8.60. The molecule has 1 aromatic heterocycles. The predicted octanol–water partition coefficient (Wildman–Crippen LogP) is 2.84. The normalized spacial score (nSPS) is 17.8. The number of nitrogens with one attached hydrogen (secondary N) is 1. The Hall–Kier alpha value is -2.63. The molecular weight excluding hydrogens is 319 g/mol. The minimum Gasteiger partial charge on any atom is -0.384 e. The Morgan fingerprint density at radius 1 is 1.20 bits per heavy atom. The Bertz CT molecular complexity index is 702. The van der Waals surface area contributed by atoms with Crippen LogP contribution in [0.2, 0.25) is 0 Å². The number of nitrogen functional groups attached to an aromatic ring is 1. The number of pyridine rings is 1. The first-order chi connectivity index (χ1) is 12.1. The number of hydrogen-bond acceptors (Lipinski definition) is 4. The van der Waals surface area contributed by atoms with Crippen LogP contribution in [0.15, 0.2) is 42.6 Å². The van der Waals surface area contributed by atoms with E-state index in [2.05, 4.69) is 10.3 Å². The summed E-state index contributed by atoms with van der Waals surface area (Å²) < 4.78 is 13.0. The van der Waals surface area contributed by atoms with Gasteiger partial charge in [0, 0.05) is 19.1 Å². The van der Waals surface area contributed by atoms with E-state index in [-0.39, 0.29) is 11.7 Å². The van der Waals surface area contributed by atoms with Crippen molar-refractivity contribution in [3.05, 3.63) is 54.0 Å². The van der Waals surface area contributed by atoms with Gasteiger partial charge in [-0.15, -0.1) is 0 Å². The third kappa shape index (κ3) is 4.92. The molecule has 0 unspecified atom stereocenters. The predicted molar refractivity (Wildman–Crippen MR) is 96.6 cm³/mol. The number of halogens is 1. The van der Waals surface area contributed by atoms with Gasteiger partial charge in [0.05, 0.1) is 18.3 Å². The van der Waals surface area contributed by atoms with E-state index in [4.69, 9.17) is 5.73 Å². The third-order valence-corrected chi connectivity index (χ3v) is 4.51. The quantitative estimate of drug-likeness (QED) is 0.896. The number of likely N-dealkylation sites (tertiary alicyclic amines) is 1. The van der Waals surface area contributed by atoms with Gasteiger partial charge in [0.1, 0.15) is 11.6 Å². The number of rotatable bonds is 4. The van der Waals surface area contributed by atoms with Gasteiger partial charge < -0.3 is 16.0 Å². The van der Waals surface area contributed by atoms with Crippen molar-refractivity contribution >= 4 is 17.4 Å². The van der Waals surface area contributed by atoms with Crippen molar-refractivity contribution in [2.75, 3.05) is 24.1 Å². The highest BCUT2D eigenvalue weighted by molar-refractivity contribution is 5.78. The van der Waals surface area contributed by atoms with Gasteiger partial charge in [-0.3, -0.25) is 4.79 Å². The van der Waals surface area contributed by atoms with E-state index < -0.39 is 0 Å². The summed E-state index contributed by atoms with van der Waals surface area (Å²) in [4.78, 5) is 18.5. The number of nitrogens with two attached hydrogens (primary N) is 1. The summed E-state index contributed by atoms with van der Waals surface area (Å²) in [6, 6.07) is 10.1. The van der Waals surface area contributed by atoms with E-state index in [1.807, 2.05) is 11.0 Å². The first kappa shape index (κ1) is 17.2. The van der Waals surface area contributed by atoms with Crippen LogP contribution < -0.4 is 11.1 Å². The highest BCUT2D eigenvalue weighted by atomic mass is 19.1. The topological polar surface area (TPSA) is 71.2 Å². The zero-order chi connectivity index (χ0) is 17.6. The van der Waals surface area contributed by atoms with Gasteiger partial charge >= 0.3 is 0 Å². The SMILES string of the molecule is Nc1ccc(N[C@H]2CCCN(C(=O)Cc3ccc(F)cc3)CC2)cn1. The summed E-state index contributed by atoms with van der Waals surface area (Å²) in [5.41, 5.74) is 7.40. The molecule has 0 spiro atoms. The van der Waals surface area contributed by atoms with Crippen molar-refractivity contribution in [2.24, 2.45) is 0 Å². The summed E-state index contributed by atoms with van der Waals surface area (Å²) in [7, 11) is 0. The molecule has 2 heterocycles. The van der Waals surface area contributed by atoms with Crippen molar-refractivity contribution in [1.29, 1.82) is 0 Å². The van der Waals surface area contributed by atoms with Crippen LogP contribution in [-0.2, 0) is 11.2 Å². The van der Waals surface area contributed by atoms with Crippen molar-refractivity contribution in [3.63, 3.8) is 0 Å². The van der Waals surface area contributed by atoms with Crippen molar-refractivity contribution in [2.45, 2.75) is 31.7 Å². The van der Waals surface area contributed by atoms with Gasteiger partial charge in [0.2, 0.25) is 5.91 Å². The van der Waals surface area contributed by atoms with E-state index in [0.29, 0.717) is 18.3 Å². The summed E-state index contributed by atoms with van der Waals surface area (Å²) in [6.45, 7) is 1.48. The fourth-order valence-corrected chi connectivity index (χ4v) is 3.11. The zero-order valence-electron chi connectivity index (χ0n) is 14.1. The molecule has 6 heteroatoms. The lowest BCUT2D eigenvalue weighted by atomic mass is 10.1. The monoisotopic (exact) mass is 342 g/mol. The molecule has 3 N–H and O–H groups in total. The van der Waals surface area contributed by atoms with E-state index in [1.54, 1.807) is 24.4 Å². The Kier molecular flexibility index (Phi) is 5.48. The molecule has 0 radical (unpaired) electrons. The average molecular weight is 342 g/mol. The number of hydrogen-bond donors (Lipinski definition) is 2. The molecule has 1 aliphatic heterocycles. The maximum Gasteiger partial charge on any atom is 0.226 e. The highest BCUT2D eigenvalue weighted by Gasteiger charge is 2.20. The maximum absolute atomic E-state index is 13.0. The van der Waals surface area contributed by atoms with Crippen molar-refractivity contribution in [3.8, 4) is 0 Å².